The highest BCUT2D eigenvalue weighted by molar-refractivity contribution is 6.31. The van der Waals surface area contributed by atoms with Crippen LogP contribution < -0.4 is 4.90 Å². The van der Waals surface area contributed by atoms with E-state index in [1.165, 1.54) is 17.4 Å². The van der Waals surface area contributed by atoms with Crippen molar-refractivity contribution in [2.24, 2.45) is 23.7 Å². The molecule has 7 rings (SSSR count). The van der Waals surface area contributed by atoms with E-state index < -0.39 is 12.1 Å². The molecule has 0 N–H and O–H groups in total. The summed E-state index contributed by atoms with van der Waals surface area (Å²) < 4.78 is 5.66. The summed E-state index contributed by atoms with van der Waals surface area (Å²) >= 11 is 6.05. The second kappa shape index (κ2) is 10.5. The third-order valence-electron chi connectivity index (χ3n) is 9.33. The molecule has 3 aliphatic rings. The second-order valence-electron chi connectivity index (χ2n) is 12.0. The maximum absolute atomic E-state index is 13.5. The summed E-state index contributed by atoms with van der Waals surface area (Å²) in [6.45, 7) is 5.50. The number of imide groups is 1. The Labute approximate surface area is 259 Å². The Balaban J connectivity index is 1.18. The molecule has 2 fully saturated rings. The van der Waals surface area contributed by atoms with Crippen molar-refractivity contribution in [1.29, 1.82) is 0 Å². The lowest BCUT2D eigenvalue weighted by Crippen LogP contribution is -2.32. The number of halogens is 1. The number of benzene rings is 3. The number of esters is 1. The van der Waals surface area contributed by atoms with Gasteiger partial charge >= 0.3 is 5.97 Å². The number of ketones is 1. The van der Waals surface area contributed by atoms with Crippen LogP contribution in [0.5, 0.6) is 0 Å². The summed E-state index contributed by atoms with van der Waals surface area (Å²) in [5, 5.41) is 1.03. The van der Waals surface area contributed by atoms with Gasteiger partial charge in [-0.3, -0.25) is 19.3 Å². The van der Waals surface area contributed by atoms with Crippen molar-refractivity contribution >= 4 is 51.8 Å². The third-order valence-corrected chi connectivity index (χ3v) is 9.56. The highest BCUT2D eigenvalue weighted by atomic mass is 35.5. The third kappa shape index (κ3) is 4.46. The number of pyridine rings is 1. The number of aryl methyl sites for hydroxylation is 1. The van der Waals surface area contributed by atoms with Crippen LogP contribution >= 0.6 is 11.6 Å². The van der Waals surface area contributed by atoms with Gasteiger partial charge in [0.05, 0.1) is 34.3 Å². The minimum Gasteiger partial charge on any atom is -0.451 e. The van der Waals surface area contributed by atoms with Gasteiger partial charge in [0.25, 0.3) is 0 Å². The van der Waals surface area contributed by atoms with Crippen LogP contribution in [-0.2, 0) is 14.3 Å². The largest absolute Gasteiger partial charge is 0.451 e. The molecular weight excluding hydrogens is 576 g/mol. The van der Waals surface area contributed by atoms with E-state index in [-0.39, 0.29) is 46.8 Å². The Morgan fingerprint density at radius 1 is 0.955 bits per heavy atom. The average Bonchev–Trinajstić information content (AvgIpc) is 3.66. The molecule has 1 aliphatic heterocycles. The fourth-order valence-corrected chi connectivity index (χ4v) is 7.36. The van der Waals surface area contributed by atoms with Crippen LogP contribution in [0.4, 0.5) is 5.69 Å². The van der Waals surface area contributed by atoms with Crippen LogP contribution in [0.25, 0.3) is 22.2 Å². The first-order valence-corrected chi connectivity index (χ1v) is 15.1. The number of rotatable bonds is 6. The summed E-state index contributed by atoms with van der Waals surface area (Å²) in [4.78, 5) is 59.5. The quantitative estimate of drug-likeness (QED) is 0.102. The number of hydrogen-bond acceptors (Lipinski definition) is 6. The molecular formula is C36H29ClN2O5. The number of anilines is 1. The van der Waals surface area contributed by atoms with Crippen molar-refractivity contribution in [1.82, 2.24) is 4.98 Å². The first kappa shape index (κ1) is 28.2. The number of ether oxygens (including phenoxy) is 1. The smallest absolute Gasteiger partial charge is 0.339 e. The number of allylic oxidation sites excluding steroid dienone is 2. The van der Waals surface area contributed by atoms with Gasteiger partial charge in [-0.15, -0.1) is 0 Å². The minimum atomic E-state index is -1.04. The molecule has 1 saturated heterocycles. The zero-order chi connectivity index (χ0) is 30.9. The van der Waals surface area contributed by atoms with E-state index in [1.807, 2.05) is 19.1 Å². The van der Waals surface area contributed by atoms with Crippen molar-refractivity contribution in [2.75, 3.05) is 4.90 Å². The van der Waals surface area contributed by atoms with Crippen LogP contribution in [0, 0.1) is 30.6 Å². The van der Waals surface area contributed by atoms with E-state index in [4.69, 9.17) is 21.3 Å². The maximum atomic E-state index is 13.5. The van der Waals surface area contributed by atoms with Gasteiger partial charge in [0.15, 0.2) is 6.10 Å². The van der Waals surface area contributed by atoms with Crippen molar-refractivity contribution in [3.63, 3.8) is 0 Å². The highest BCUT2D eigenvalue weighted by Gasteiger charge is 2.60. The molecule has 5 unspecified atom stereocenters. The molecule has 1 aromatic heterocycles. The summed E-state index contributed by atoms with van der Waals surface area (Å²) in [5.74, 6) is -1.53. The monoisotopic (exact) mass is 604 g/mol. The van der Waals surface area contributed by atoms with Crippen LogP contribution in [-0.4, -0.2) is 34.7 Å². The number of Topliss-reactive ketones (excluding diaryl/α,β-unsaturated/α-hetero) is 1. The number of nitrogens with zero attached hydrogens (tertiary/aromatic N) is 2. The molecule has 7 nitrogen and oxygen atoms in total. The molecule has 3 aromatic carbocycles. The molecule has 1 saturated carbocycles. The number of amides is 2. The topological polar surface area (TPSA) is 93.6 Å². The summed E-state index contributed by atoms with van der Waals surface area (Å²) in [6.07, 6.45) is 2.01. The molecule has 0 spiro atoms. The Kier molecular flexibility index (Phi) is 6.74. The van der Waals surface area contributed by atoms with Gasteiger partial charge in [0, 0.05) is 21.5 Å². The number of carbonyl (C=O) groups is 4. The number of carbonyl (C=O) groups excluding carboxylic acids is 4. The van der Waals surface area contributed by atoms with Crippen LogP contribution in [0.15, 0.2) is 84.4 Å². The van der Waals surface area contributed by atoms with Crippen LogP contribution in [0.2, 0.25) is 5.02 Å². The highest BCUT2D eigenvalue weighted by Crippen LogP contribution is 2.56. The number of aromatic nitrogens is 1. The fourth-order valence-electron chi connectivity index (χ4n) is 7.17. The van der Waals surface area contributed by atoms with Crippen LogP contribution in [0.1, 0.15) is 46.5 Å². The van der Waals surface area contributed by atoms with Crippen molar-refractivity contribution in [2.45, 2.75) is 33.3 Å². The Morgan fingerprint density at radius 3 is 2.43 bits per heavy atom. The maximum Gasteiger partial charge on any atom is 0.339 e. The normalized spacial score (nSPS) is 22.7. The average molecular weight is 605 g/mol. The van der Waals surface area contributed by atoms with Crippen molar-refractivity contribution in [3.8, 4) is 11.3 Å². The van der Waals surface area contributed by atoms with Gasteiger partial charge in [-0.2, -0.15) is 0 Å². The summed E-state index contributed by atoms with van der Waals surface area (Å²) in [5.41, 5.74) is 5.10. The SMILES string of the molecule is CC1=CC2CC1C1C(=O)N(c3ccc(-c4cc(C(=O)OC(C)C(=O)c5cccc(Cl)c5)c5cccc(C)c5n4)cc3)C(=O)C21. The number of fused-ring (bicyclic) bond motifs is 6. The Hall–Kier alpha value is -4.62. The molecule has 2 heterocycles. The predicted molar refractivity (Wildman–Crippen MR) is 167 cm³/mol. The molecule has 4 aromatic rings. The van der Waals surface area contributed by atoms with Gasteiger partial charge in [-0.05, 0) is 74.9 Å². The predicted octanol–water partition coefficient (Wildman–Crippen LogP) is 6.99. The first-order valence-electron chi connectivity index (χ1n) is 14.7. The number of para-hydroxylation sites is 1. The zero-order valence-corrected chi connectivity index (χ0v) is 25.2. The Morgan fingerprint density at radius 2 is 1.68 bits per heavy atom. The van der Waals surface area contributed by atoms with Gasteiger partial charge in [0.2, 0.25) is 17.6 Å². The van der Waals surface area contributed by atoms with E-state index in [1.54, 1.807) is 60.7 Å². The molecule has 5 atom stereocenters. The molecule has 2 amide bonds. The van der Waals surface area contributed by atoms with Crippen molar-refractivity contribution in [3.05, 3.63) is 106 Å². The molecule has 44 heavy (non-hydrogen) atoms. The minimum absolute atomic E-state index is 0.126. The number of hydrogen-bond donors (Lipinski definition) is 0. The van der Waals surface area contributed by atoms with Gasteiger partial charge < -0.3 is 4.74 Å². The zero-order valence-electron chi connectivity index (χ0n) is 24.4. The van der Waals surface area contributed by atoms with E-state index in [2.05, 4.69) is 13.0 Å². The molecule has 2 aliphatic carbocycles. The lowest BCUT2D eigenvalue weighted by Gasteiger charge is -2.19. The second-order valence-corrected chi connectivity index (χ2v) is 12.4. The lowest BCUT2D eigenvalue weighted by atomic mass is 9.82. The summed E-state index contributed by atoms with van der Waals surface area (Å²) in [6, 6.07) is 20.8. The Bertz CT molecular complexity index is 1930. The fraction of sp³-hybridized carbons (Fsp3) is 0.250. The van der Waals surface area contributed by atoms with Gasteiger partial charge in [0.1, 0.15) is 0 Å². The lowest BCUT2D eigenvalue weighted by molar-refractivity contribution is -0.123. The van der Waals surface area contributed by atoms with Crippen LogP contribution in [0.3, 0.4) is 0 Å². The van der Waals surface area contributed by atoms with E-state index in [0.717, 1.165) is 12.0 Å². The molecule has 2 bridgehead atoms. The summed E-state index contributed by atoms with van der Waals surface area (Å²) in [7, 11) is 0. The molecule has 0 radical (unpaired) electrons. The standard InChI is InChI=1S/C36H29ClN2O5/c1-18-6-4-9-26-28(36(43)44-20(3)33(40)22-7-5-8-24(37)15-22)17-29(38-32(18)26)21-10-12-25(13-11-21)39-34(41)30-23-14-19(2)27(16-23)31(30)35(39)42/h4-15,17,20,23,27,30-31H,16H2,1-3H3. The molecule has 8 heteroatoms. The van der Waals surface area contributed by atoms with E-state index >= 15 is 0 Å². The molecule has 220 valence electrons. The van der Waals surface area contributed by atoms with E-state index in [9.17, 15) is 19.2 Å². The van der Waals surface area contributed by atoms with E-state index in [0.29, 0.717) is 38.4 Å². The van der Waals surface area contributed by atoms with Crippen molar-refractivity contribution < 1.29 is 23.9 Å². The van der Waals surface area contributed by atoms with Gasteiger partial charge in [-0.1, -0.05) is 65.7 Å². The first-order chi connectivity index (χ1) is 21.1. The van der Waals surface area contributed by atoms with Gasteiger partial charge in [-0.25, -0.2) is 9.78 Å².